The number of alkyl halides is 3. The lowest BCUT2D eigenvalue weighted by Gasteiger charge is -2.51. The average Bonchev–Trinajstić information content (AvgIpc) is 3.23. The SMILES string of the molecule is O=C1[C@H]2[C@H](CC=C3[C@H]2C[C@@]2(Cl)C(=O)N(CBr)C(=O)[C@@]2(Cl)[C@H]3c2ccc(O)cc2Cl)C(=O)N1c1ccccc1. The number of fused-ring (bicyclic) bond motifs is 4. The van der Waals surface area contributed by atoms with Crippen molar-refractivity contribution in [2.75, 3.05) is 10.4 Å². The van der Waals surface area contributed by atoms with E-state index in [2.05, 4.69) is 15.9 Å². The molecule has 0 spiro atoms. The number of rotatable bonds is 3. The van der Waals surface area contributed by atoms with E-state index >= 15 is 0 Å². The molecular weight excluding hydrogens is 619 g/mol. The minimum Gasteiger partial charge on any atom is -0.508 e. The summed E-state index contributed by atoms with van der Waals surface area (Å²) in [5, 5.41) is 10.1. The van der Waals surface area contributed by atoms with Gasteiger partial charge in [-0.2, -0.15) is 0 Å². The highest BCUT2D eigenvalue weighted by Crippen LogP contribution is 2.66. The summed E-state index contributed by atoms with van der Waals surface area (Å²) in [6, 6.07) is 13.0. The Morgan fingerprint density at radius 1 is 0.974 bits per heavy atom. The fourth-order valence-electron chi connectivity index (χ4n) is 6.68. The summed E-state index contributed by atoms with van der Waals surface area (Å²) in [5.74, 6) is -5.20. The first-order chi connectivity index (χ1) is 18.1. The normalized spacial score (nSPS) is 34.3. The van der Waals surface area contributed by atoms with Gasteiger partial charge < -0.3 is 5.11 Å². The van der Waals surface area contributed by atoms with Gasteiger partial charge in [0, 0.05) is 10.9 Å². The molecule has 0 bridgehead atoms. The predicted molar refractivity (Wildman–Crippen MR) is 145 cm³/mol. The maximum atomic E-state index is 13.9. The third-order valence-corrected chi connectivity index (χ3v) is 10.6. The smallest absolute Gasteiger partial charge is 0.254 e. The second-order valence-corrected chi connectivity index (χ2v) is 12.2. The van der Waals surface area contributed by atoms with E-state index in [1.807, 2.05) is 6.08 Å². The monoisotopic (exact) mass is 636 g/mol. The number of phenols is 1. The van der Waals surface area contributed by atoms with Gasteiger partial charge in [-0.3, -0.25) is 29.0 Å². The molecule has 3 fully saturated rings. The van der Waals surface area contributed by atoms with Crippen LogP contribution in [0, 0.1) is 17.8 Å². The van der Waals surface area contributed by atoms with Crippen molar-refractivity contribution in [1.29, 1.82) is 0 Å². The molecule has 11 heteroatoms. The lowest BCUT2D eigenvalue weighted by atomic mass is 9.56. The van der Waals surface area contributed by atoms with Crippen molar-refractivity contribution in [3.05, 3.63) is 70.8 Å². The van der Waals surface area contributed by atoms with Gasteiger partial charge >= 0.3 is 0 Å². The number of carbonyl (C=O) groups is 4. The van der Waals surface area contributed by atoms with Crippen molar-refractivity contribution < 1.29 is 24.3 Å². The molecule has 0 unspecified atom stereocenters. The van der Waals surface area contributed by atoms with Gasteiger partial charge in [0.1, 0.15) is 5.75 Å². The first kappa shape index (κ1) is 25.9. The van der Waals surface area contributed by atoms with Crippen LogP contribution in [0.25, 0.3) is 0 Å². The number of para-hydroxylation sites is 1. The van der Waals surface area contributed by atoms with Crippen molar-refractivity contribution in [3.8, 4) is 5.75 Å². The molecule has 0 radical (unpaired) electrons. The average molecular weight is 639 g/mol. The van der Waals surface area contributed by atoms with E-state index in [1.54, 1.807) is 36.4 Å². The first-order valence-corrected chi connectivity index (χ1v) is 14.2. The van der Waals surface area contributed by atoms with Gasteiger partial charge in [-0.1, -0.05) is 63.4 Å². The lowest BCUT2D eigenvalue weighted by molar-refractivity contribution is -0.138. The van der Waals surface area contributed by atoms with E-state index in [-0.39, 0.29) is 40.9 Å². The number of hydrogen-bond donors (Lipinski definition) is 1. The number of imide groups is 2. The Labute approximate surface area is 241 Å². The Kier molecular flexibility index (Phi) is 6.00. The van der Waals surface area contributed by atoms with E-state index in [0.717, 1.165) is 4.90 Å². The van der Waals surface area contributed by atoms with Crippen LogP contribution in [-0.2, 0) is 19.2 Å². The third kappa shape index (κ3) is 3.20. The van der Waals surface area contributed by atoms with Crippen molar-refractivity contribution in [3.63, 3.8) is 0 Å². The fourth-order valence-corrected chi connectivity index (χ4v) is 8.38. The van der Waals surface area contributed by atoms with Crippen LogP contribution in [-0.4, -0.2) is 48.8 Å². The molecule has 0 aromatic heterocycles. The van der Waals surface area contributed by atoms with Crippen LogP contribution in [0.15, 0.2) is 60.2 Å². The van der Waals surface area contributed by atoms with Gasteiger partial charge in [-0.05, 0) is 48.6 Å². The Morgan fingerprint density at radius 2 is 1.68 bits per heavy atom. The van der Waals surface area contributed by atoms with Crippen molar-refractivity contribution in [1.82, 2.24) is 4.90 Å². The second-order valence-electron chi connectivity index (χ2n) is 10.0. The predicted octanol–water partition coefficient (Wildman–Crippen LogP) is 4.96. The highest BCUT2D eigenvalue weighted by atomic mass is 79.9. The zero-order valence-electron chi connectivity index (χ0n) is 19.6. The molecule has 7 nitrogen and oxygen atoms in total. The van der Waals surface area contributed by atoms with E-state index < -0.39 is 45.2 Å². The molecule has 2 heterocycles. The molecule has 38 heavy (non-hydrogen) atoms. The molecule has 4 aliphatic rings. The van der Waals surface area contributed by atoms with Crippen LogP contribution in [0.2, 0.25) is 5.02 Å². The number of anilines is 1. The molecule has 6 rings (SSSR count). The van der Waals surface area contributed by atoms with Gasteiger partial charge in [0.05, 0.1) is 23.0 Å². The summed E-state index contributed by atoms with van der Waals surface area (Å²) in [6.45, 7) is 0. The van der Waals surface area contributed by atoms with Crippen LogP contribution >= 0.6 is 50.7 Å². The highest BCUT2D eigenvalue weighted by molar-refractivity contribution is 9.09. The van der Waals surface area contributed by atoms with E-state index in [4.69, 9.17) is 34.8 Å². The number of aromatic hydroxyl groups is 1. The van der Waals surface area contributed by atoms with Crippen LogP contribution < -0.4 is 4.90 Å². The number of phenolic OH excluding ortho intramolecular Hbond substituents is 1. The van der Waals surface area contributed by atoms with E-state index in [0.29, 0.717) is 16.8 Å². The summed E-state index contributed by atoms with van der Waals surface area (Å²) in [4.78, 5) is 53.0. The minimum absolute atomic E-state index is 0.0875. The molecule has 2 aliphatic carbocycles. The number of carbonyl (C=O) groups excluding carboxylic acids is 4. The van der Waals surface area contributed by atoms with Gasteiger partial charge in [0.25, 0.3) is 11.8 Å². The Balaban J connectivity index is 1.54. The van der Waals surface area contributed by atoms with E-state index in [1.165, 1.54) is 17.0 Å². The molecule has 4 amide bonds. The van der Waals surface area contributed by atoms with Gasteiger partial charge in [0.2, 0.25) is 11.8 Å². The molecule has 2 aromatic rings. The molecule has 1 saturated carbocycles. The maximum Gasteiger partial charge on any atom is 0.254 e. The fraction of sp³-hybridized carbons (Fsp3) is 0.333. The number of likely N-dealkylation sites (tertiary alicyclic amines) is 1. The summed E-state index contributed by atoms with van der Waals surface area (Å²) in [7, 11) is 0. The molecular formula is C27H20BrCl3N2O5. The van der Waals surface area contributed by atoms with Crippen LogP contribution in [0.4, 0.5) is 5.69 Å². The van der Waals surface area contributed by atoms with Crippen LogP contribution in [0.3, 0.4) is 0 Å². The zero-order valence-corrected chi connectivity index (χ0v) is 23.5. The van der Waals surface area contributed by atoms with Gasteiger partial charge in [-0.15, -0.1) is 23.2 Å². The molecule has 2 saturated heterocycles. The van der Waals surface area contributed by atoms with Gasteiger partial charge in [0.15, 0.2) is 9.75 Å². The van der Waals surface area contributed by atoms with Crippen molar-refractivity contribution in [2.45, 2.75) is 28.5 Å². The summed E-state index contributed by atoms with van der Waals surface area (Å²) in [6.07, 6.45) is 1.99. The number of benzene rings is 2. The van der Waals surface area contributed by atoms with Gasteiger partial charge in [-0.25, -0.2) is 0 Å². The largest absolute Gasteiger partial charge is 0.508 e. The topological polar surface area (TPSA) is 95.0 Å². The number of allylic oxidation sites excluding steroid dienone is 2. The zero-order chi connectivity index (χ0) is 27.1. The molecule has 2 aromatic carbocycles. The van der Waals surface area contributed by atoms with Crippen LogP contribution in [0.1, 0.15) is 24.3 Å². The molecule has 1 N–H and O–H groups in total. The van der Waals surface area contributed by atoms with Crippen molar-refractivity contribution >= 4 is 80.0 Å². The maximum absolute atomic E-state index is 13.9. The number of hydrogen-bond acceptors (Lipinski definition) is 5. The summed E-state index contributed by atoms with van der Waals surface area (Å²) >= 11 is 24.1. The first-order valence-electron chi connectivity index (χ1n) is 12.0. The highest BCUT2D eigenvalue weighted by Gasteiger charge is 2.76. The molecule has 6 atom stereocenters. The Bertz CT molecular complexity index is 1450. The quantitative estimate of drug-likeness (QED) is 0.222. The Hall–Kier alpha value is -2.39. The number of nitrogens with zero attached hydrogens (tertiary/aromatic N) is 2. The summed E-state index contributed by atoms with van der Waals surface area (Å²) < 4.78 is 0. The van der Waals surface area contributed by atoms with Crippen molar-refractivity contribution in [2.24, 2.45) is 17.8 Å². The standard InChI is InChI=1S/C27H20BrCl3N2O5/c28-12-32-24(37)26(30)11-18-15(21(27(26,31)25(32)38)16-7-6-14(34)10-19(16)29)8-9-17-20(18)23(36)33(22(17)35)13-4-2-1-3-5-13/h1-8,10,17-18,20-21,34H,9,11-12H2/t17-,18+,20-,21+,26+,27-/m0/s1. The molecule has 2 aliphatic heterocycles. The third-order valence-electron chi connectivity index (χ3n) is 8.32. The minimum atomic E-state index is -1.94. The number of halogens is 4. The number of amides is 4. The second kappa shape index (κ2) is 8.81. The van der Waals surface area contributed by atoms with E-state index in [9.17, 15) is 24.3 Å². The Morgan fingerprint density at radius 3 is 2.34 bits per heavy atom. The van der Waals surface area contributed by atoms with Crippen LogP contribution in [0.5, 0.6) is 5.75 Å². The molecule has 196 valence electrons. The lowest BCUT2D eigenvalue weighted by Crippen LogP contribution is -2.60. The summed E-state index contributed by atoms with van der Waals surface area (Å²) in [5.41, 5.74) is 1.39.